The fourth-order valence-electron chi connectivity index (χ4n) is 5.31. The van der Waals surface area contributed by atoms with Gasteiger partial charge >= 0.3 is 0 Å². The molecule has 1 aromatic heterocycles. The van der Waals surface area contributed by atoms with Gasteiger partial charge in [-0.25, -0.2) is 8.42 Å². The molecule has 1 saturated carbocycles. The zero-order chi connectivity index (χ0) is 27.6. The molecule has 0 amide bonds. The minimum Gasteiger partial charge on any atom is -0.379 e. The molecular weight excluding hydrogens is 514 g/mol. The average Bonchev–Trinajstić information content (AvgIpc) is 3.08. The third kappa shape index (κ3) is 12.2. The van der Waals surface area contributed by atoms with Crippen LogP contribution in [0.4, 0.5) is 5.69 Å². The van der Waals surface area contributed by atoms with Crippen LogP contribution in [0.15, 0.2) is 29.5 Å². The quantitative estimate of drug-likeness (QED) is 0.118. The van der Waals surface area contributed by atoms with Crippen molar-refractivity contribution in [2.24, 2.45) is 4.99 Å². The Morgan fingerprint density at radius 1 is 1.08 bits per heavy atom. The Kier molecular flexibility index (Phi) is 14.6. The molecule has 222 valence electrons. The fourth-order valence-corrected chi connectivity index (χ4v) is 7.13. The van der Waals surface area contributed by atoms with E-state index >= 15 is 0 Å². The van der Waals surface area contributed by atoms with Gasteiger partial charge in [0.2, 0.25) is 16.0 Å². The molecule has 0 unspecified atom stereocenters. The van der Waals surface area contributed by atoms with Gasteiger partial charge in [-0.3, -0.25) is 20.2 Å². The first kappa shape index (κ1) is 31.3. The molecule has 2 aliphatic rings. The van der Waals surface area contributed by atoms with Crippen LogP contribution in [0.1, 0.15) is 79.9 Å². The highest BCUT2D eigenvalue weighted by Gasteiger charge is 2.30. The molecule has 1 aliphatic carbocycles. The number of nitriles is 1. The van der Waals surface area contributed by atoms with Crippen LogP contribution in [0.25, 0.3) is 0 Å². The predicted octanol–water partition coefficient (Wildman–Crippen LogP) is 4.44. The molecule has 0 spiro atoms. The number of pyridine rings is 1. The van der Waals surface area contributed by atoms with E-state index in [0.29, 0.717) is 25.5 Å². The van der Waals surface area contributed by atoms with E-state index in [1.165, 1.54) is 25.7 Å². The lowest BCUT2D eigenvalue weighted by atomic mass is 10.1. The van der Waals surface area contributed by atoms with E-state index in [1.807, 2.05) is 10.5 Å². The molecule has 39 heavy (non-hydrogen) atoms. The van der Waals surface area contributed by atoms with Gasteiger partial charge in [0.1, 0.15) is 0 Å². The van der Waals surface area contributed by atoms with Crippen molar-refractivity contribution in [2.75, 3.05) is 57.0 Å². The Bertz CT molecular complexity index is 980. The van der Waals surface area contributed by atoms with Crippen LogP contribution >= 0.6 is 0 Å². The standard InChI is InChI=1S/C28H47N7O3S.2H2/c29-25-32-28(33-26-13-16-30-17-14-26)31-15-9-5-6-10-24-39(36,37)35(19-18-34-20-22-38-23-21-34)27-11-7-3-1-2-4-8-12-27;;/h13-14,16-17,27H,1-12,15,18-24H2,(H2,30,31,32,33);2*1H. The third-order valence-corrected chi connectivity index (χ3v) is 9.53. The first-order chi connectivity index (χ1) is 19.1. The summed E-state index contributed by atoms with van der Waals surface area (Å²) in [5.74, 6) is 0.609. The maximum absolute atomic E-state index is 13.6. The lowest BCUT2D eigenvalue weighted by Crippen LogP contribution is -2.47. The highest BCUT2D eigenvalue weighted by molar-refractivity contribution is 7.89. The number of aromatic nitrogens is 1. The number of hydrogen-bond acceptors (Lipinski definition) is 7. The first-order valence-corrected chi connectivity index (χ1v) is 16.4. The molecule has 0 atom stereocenters. The summed E-state index contributed by atoms with van der Waals surface area (Å²) in [6.07, 6.45) is 17.6. The predicted molar refractivity (Wildman–Crippen MR) is 160 cm³/mol. The van der Waals surface area contributed by atoms with E-state index in [9.17, 15) is 8.42 Å². The van der Waals surface area contributed by atoms with Gasteiger partial charge in [0.25, 0.3) is 0 Å². The topological polar surface area (TPSA) is 123 Å². The second-order valence-electron chi connectivity index (χ2n) is 10.5. The van der Waals surface area contributed by atoms with Gasteiger partial charge in [-0.1, -0.05) is 51.4 Å². The maximum atomic E-state index is 13.6. The number of guanidine groups is 1. The number of aliphatic imine (C=N–C) groups is 1. The minimum atomic E-state index is -3.32. The van der Waals surface area contributed by atoms with Gasteiger partial charge in [0, 0.05) is 59.7 Å². The molecule has 1 aliphatic heterocycles. The van der Waals surface area contributed by atoms with E-state index < -0.39 is 10.0 Å². The SMILES string of the molecule is N#CNC(=NCCCCCCS(=O)(=O)N(CCN1CCOCC1)C1CCCCCCCC1)Nc1ccncc1.[HH].[HH]. The minimum absolute atomic E-state index is 0. The Hall–Kier alpha value is -2.26. The lowest BCUT2D eigenvalue weighted by Gasteiger charge is -2.34. The van der Waals surface area contributed by atoms with Crippen LogP contribution in [-0.2, 0) is 14.8 Å². The summed E-state index contributed by atoms with van der Waals surface area (Å²) in [5.41, 5.74) is 0.801. The molecule has 0 bridgehead atoms. The van der Waals surface area contributed by atoms with E-state index in [4.69, 9.17) is 10.00 Å². The molecule has 0 aromatic carbocycles. The molecule has 3 rings (SSSR count). The molecule has 2 fully saturated rings. The average molecular weight is 566 g/mol. The van der Waals surface area contributed by atoms with Gasteiger partial charge in [-0.05, 0) is 37.8 Å². The Morgan fingerprint density at radius 3 is 2.44 bits per heavy atom. The molecule has 10 nitrogen and oxygen atoms in total. The van der Waals surface area contributed by atoms with Crippen molar-refractivity contribution in [3.8, 4) is 6.19 Å². The van der Waals surface area contributed by atoms with Gasteiger partial charge in [0.05, 0.1) is 19.0 Å². The van der Waals surface area contributed by atoms with Crippen molar-refractivity contribution in [3.05, 3.63) is 24.5 Å². The summed E-state index contributed by atoms with van der Waals surface area (Å²) >= 11 is 0. The van der Waals surface area contributed by atoms with E-state index in [-0.39, 0.29) is 14.6 Å². The molecule has 11 heteroatoms. The zero-order valence-electron chi connectivity index (χ0n) is 23.4. The van der Waals surface area contributed by atoms with Crippen LogP contribution < -0.4 is 10.6 Å². The van der Waals surface area contributed by atoms with Crippen LogP contribution in [0.5, 0.6) is 0 Å². The monoisotopic (exact) mass is 565 g/mol. The van der Waals surface area contributed by atoms with Gasteiger partial charge < -0.3 is 10.1 Å². The number of rotatable bonds is 13. The zero-order valence-corrected chi connectivity index (χ0v) is 24.2. The number of unbranched alkanes of at least 4 members (excludes halogenated alkanes) is 3. The second-order valence-corrected chi connectivity index (χ2v) is 12.5. The highest BCUT2D eigenvalue weighted by atomic mass is 32.2. The molecule has 2 N–H and O–H groups in total. The van der Waals surface area contributed by atoms with Crippen LogP contribution in [-0.4, -0.2) is 86.3 Å². The van der Waals surface area contributed by atoms with E-state index in [0.717, 1.165) is 83.5 Å². The number of nitrogens with one attached hydrogen (secondary N) is 2. The summed E-state index contributed by atoms with van der Waals surface area (Å²) in [6.45, 7) is 5.14. The van der Waals surface area contributed by atoms with Crippen LogP contribution in [0, 0.1) is 11.5 Å². The summed E-state index contributed by atoms with van der Waals surface area (Å²) in [4.78, 5) is 10.8. The van der Waals surface area contributed by atoms with Crippen molar-refractivity contribution in [1.29, 1.82) is 5.26 Å². The number of morpholine rings is 1. The summed E-state index contributed by atoms with van der Waals surface area (Å²) < 4.78 is 34.6. The largest absolute Gasteiger partial charge is 0.379 e. The third-order valence-electron chi connectivity index (χ3n) is 7.53. The van der Waals surface area contributed by atoms with Crippen molar-refractivity contribution in [1.82, 2.24) is 19.5 Å². The second kappa shape index (κ2) is 18.2. The highest BCUT2D eigenvalue weighted by Crippen LogP contribution is 2.24. The first-order valence-electron chi connectivity index (χ1n) is 14.7. The number of anilines is 1. The van der Waals surface area contributed by atoms with Crippen LogP contribution in [0.2, 0.25) is 0 Å². The van der Waals surface area contributed by atoms with Gasteiger partial charge in [0.15, 0.2) is 6.19 Å². The van der Waals surface area contributed by atoms with Crippen LogP contribution in [0.3, 0.4) is 0 Å². The number of hydrogen-bond donors (Lipinski definition) is 2. The van der Waals surface area contributed by atoms with Crippen molar-refractivity contribution >= 4 is 21.7 Å². The number of nitrogens with zero attached hydrogens (tertiary/aromatic N) is 5. The Morgan fingerprint density at radius 2 is 1.74 bits per heavy atom. The molecule has 0 radical (unpaired) electrons. The molecular formula is C28H51N7O3S. The maximum Gasteiger partial charge on any atom is 0.214 e. The van der Waals surface area contributed by atoms with Crippen molar-refractivity contribution in [3.63, 3.8) is 0 Å². The fraction of sp³-hybridized carbons (Fsp3) is 0.750. The summed E-state index contributed by atoms with van der Waals surface area (Å²) in [5, 5.41) is 14.6. The number of ether oxygens (including phenoxy) is 1. The molecule has 2 heterocycles. The van der Waals surface area contributed by atoms with Crippen molar-refractivity contribution in [2.45, 2.75) is 83.1 Å². The van der Waals surface area contributed by atoms with E-state index in [2.05, 4.69) is 25.5 Å². The van der Waals surface area contributed by atoms with Gasteiger partial charge in [-0.2, -0.15) is 9.57 Å². The smallest absolute Gasteiger partial charge is 0.214 e. The van der Waals surface area contributed by atoms with Crippen molar-refractivity contribution < 1.29 is 16.0 Å². The Labute approximate surface area is 238 Å². The molecule has 1 saturated heterocycles. The number of sulfonamides is 1. The van der Waals surface area contributed by atoms with Gasteiger partial charge in [-0.15, -0.1) is 0 Å². The molecule has 1 aromatic rings. The summed E-state index contributed by atoms with van der Waals surface area (Å²) in [7, 11) is -3.32. The van der Waals surface area contributed by atoms with E-state index in [1.54, 1.807) is 24.5 Å². The summed E-state index contributed by atoms with van der Waals surface area (Å²) in [6, 6.07) is 3.73. The normalized spacial score (nSPS) is 18.6. The Balaban J connectivity index is 0.00000420. The lowest BCUT2D eigenvalue weighted by molar-refractivity contribution is 0.0350.